The number of nitrogens with one attached hydrogen (secondary N) is 2. The highest BCUT2D eigenvalue weighted by Crippen LogP contribution is 2.33. The smallest absolute Gasteiger partial charge is 0.252 e. The van der Waals surface area contributed by atoms with E-state index in [1.165, 1.54) is 11.8 Å². The van der Waals surface area contributed by atoms with Crippen molar-refractivity contribution in [3.8, 4) is 11.5 Å². The number of rotatable bonds is 9. The first-order valence-corrected chi connectivity index (χ1v) is 12.1. The van der Waals surface area contributed by atoms with Crippen molar-refractivity contribution in [2.24, 2.45) is 5.92 Å². The van der Waals surface area contributed by atoms with Gasteiger partial charge in [0.05, 0.1) is 11.8 Å². The molecule has 1 aliphatic rings. The van der Waals surface area contributed by atoms with Crippen molar-refractivity contribution in [1.82, 2.24) is 20.1 Å². The molecule has 2 amide bonds. The molecule has 178 valence electrons. The van der Waals surface area contributed by atoms with Crippen LogP contribution in [-0.4, -0.2) is 39.1 Å². The van der Waals surface area contributed by atoms with E-state index < -0.39 is 0 Å². The summed E-state index contributed by atoms with van der Waals surface area (Å²) in [6.45, 7) is 6.77. The number of hydrogen-bond acceptors (Lipinski definition) is 7. The first-order valence-electron chi connectivity index (χ1n) is 11.1. The Hall–Kier alpha value is -3.53. The second kappa shape index (κ2) is 10.6. The molecule has 3 aromatic rings. The Labute approximate surface area is 202 Å². The number of nitrogens with zero attached hydrogens (tertiary/aromatic N) is 3. The molecule has 34 heavy (non-hydrogen) atoms. The van der Waals surface area contributed by atoms with Crippen LogP contribution < -0.4 is 20.1 Å². The van der Waals surface area contributed by atoms with E-state index in [0.29, 0.717) is 34.6 Å². The molecule has 0 saturated heterocycles. The first-order chi connectivity index (χ1) is 16.5. The number of anilines is 1. The SMILES string of the molecule is CCn1c(SCC(=O)Nc2ccccc2)nnc1C(NC(=O)c1ccc2c(c1)OCO2)C(C)C. The number of amides is 2. The summed E-state index contributed by atoms with van der Waals surface area (Å²) in [4.78, 5) is 25.4. The van der Waals surface area contributed by atoms with Gasteiger partial charge in [0, 0.05) is 17.8 Å². The lowest BCUT2D eigenvalue weighted by Gasteiger charge is -2.22. The van der Waals surface area contributed by atoms with Crippen LogP contribution >= 0.6 is 11.8 Å². The number of thioether (sulfide) groups is 1. The number of para-hydroxylation sites is 1. The Morgan fingerprint density at radius 2 is 1.85 bits per heavy atom. The van der Waals surface area contributed by atoms with Crippen LogP contribution in [0.4, 0.5) is 5.69 Å². The van der Waals surface area contributed by atoms with Crippen LogP contribution in [0.15, 0.2) is 53.7 Å². The lowest BCUT2D eigenvalue weighted by molar-refractivity contribution is -0.113. The Balaban J connectivity index is 1.45. The largest absolute Gasteiger partial charge is 0.454 e. The zero-order valence-corrected chi connectivity index (χ0v) is 20.1. The van der Waals surface area contributed by atoms with Gasteiger partial charge in [-0.25, -0.2) is 0 Å². The van der Waals surface area contributed by atoms with Gasteiger partial charge in [0.1, 0.15) is 0 Å². The minimum absolute atomic E-state index is 0.0617. The molecule has 0 fully saturated rings. The van der Waals surface area contributed by atoms with Gasteiger partial charge in [-0.2, -0.15) is 0 Å². The van der Waals surface area contributed by atoms with Crippen LogP contribution in [0, 0.1) is 5.92 Å². The predicted octanol–water partition coefficient (Wildman–Crippen LogP) is 3.88. The summed E-state index contributed by atoms with van der Waals surface area (Å²) in [5.74, 6) is 1.73. The van der Waals surface area contributed by atoms with Crippen LogP contribution in [-0.2, 0) is 11.3 Å². The summed E-state index contributed by atoms with van der Waals surface area (Å²) >= 11 is 1.31. The van der Waals surface area contributed by atoms with Gasteiger partial charge in [-0.3, -0.25) is 9.59 Å². The van der Waals surface area contributed by atoms with E-state index in [9.17, 15) is 9.59 Å². The molecule has 2 heterocycles. The number of fused-ring (bicyclic) bond motifs is 1. The quantitative estimate of drug-likeness (QED) is 0.447. The maximum Gasteiger partial charge on any atom is 0.252 e. The predicted molar refractivity (Wildman–Crippen MR) is 129 cm³/mol. The lowest BCUT2D eigenvalue weighted by Crippen LogP contribution is -2.33. The fraction of sp³-hybridized carbons (Fsp3) is 0.333. The third-order valence-electron chi connectivity index (χ3n) is 5.32. The molecule has 1 aromatic heterocycles. The van der Waals surface area contributed by atoms with Gasteiger partial charge in [-0.1, -0.05) is 43.8 Å². The molecule has 0 aliphatic carbocycles. The van der Waals surface area contributed by atoms with Gasteiger partial charge in [-0.05, 0) is 43.2 Å². The second-order valence-corrected chi connectivity index (χ2v) is 8.99. The summed E-state index contributed by atoms with van der Waals surface area (Å²) in [5, 5.41) is 15.3. The third-order valence-corrected chi connectivity index (χ3v) is 6.28. The highest BCUT2D eigenvalue weighted by molar-refractivity contribution is 7.99. The Morgan fingerprint density at radius 1 is 1.09 bits per heavy atom. The zero-order valence-electron chi connectivity index (χ0n) is 19.3. The fourth-order valence-corrected chi connectivity index (χ4v) is 4.38. The minimum Gasteiger partial charge on any atom is -0.454 e. The lowest BCUT2D eigenvalue weighted by atomic mass is 10.0. The molecular weight excluding hydrogens is 454 g/mol. The van der Waals surface area contributed by atoms with Crippen LogP contribution in [0.3, 0.4) is 0 Å². The molecular formula is C24H27N5O4S. The minimum atomic E-state index is -0.363. The number of carbonyl (C=O) groups is 2. The number of carbonyl (C=O) groups excluding carboxylic acids is 2. The summed E-state index contributed by atoms with van der Waals surface area (Å²) in [6.07, 6.45) is 0. The second-order valence-electron chi connectivity index (χ2n) is 8.05. The third kappa shape index (κ3) is 5.33. The van der Waals surface area contributed by atoms with Crippen molar-refractivity contribution in [1.29, 1.82) is 0 Å². The summed E-state index contributed by atoms with van der Waals surface area (Å²) in [5.41, 5.74) is 1.22. The molecule has 10 heteroatoms. The molecule has 0 radical (unpaired) electrons. The fourth-order valence-electron chi connectivity index (χ4n) is 3.57. The zero-order chi connectivity index (χ0) is 24.1. The summed E-state index contributed by atoms with van der Waals surface area (Å²) in [6, 6.07) is 14.1. The van der Waals surface area contributed by atoms with Gasteiger partial charge in [0.25, 0.3) is 5.91 Å². The normalized spacial score (nSPS) is 13.1. The van der Waals surface area contributed by atoms with Gasteiger partial charge in [0.2, 0.25) is 12.7 Å². The molecule has 2 N–H and O–H groups in total. The van der Waals surface area contributed by atoms with E-state index in [4.69, 9.17) is 9.47 Å². The average molecular weight is 482 g/mol. The van der Waals surface area contributed by atoms with Gasteiger partial charge >= 0.3 is 0 Å². The Kier molecular flexibility index (Phi) is 7.36. The van der Waals surface area contributed by atoms with Crippen molar-refractivity contribution < 1.29 is 19.1 Å². The number of hydrogen-bond donors (Lipinski definition) is 2. The molecule has 2 aromatic carbocycles. The van der Waals surface area contributed by atoms with Crippen LogP contribution in [0.2, 0.25) is 0 Å². The highest BCUT2D eigenvalue weighted by atomic mass is 32.2. The maximum absolute atomic E-state index is 13.0. The number of ether oxygens (including phenoxy) is 2. The van der Waals surface area contributed by atoms with E-state index in [1.54, 1.807) is 18.2 Å². The van der Waals surface area contributed by atoms with E-state index in [0.717, 1.165) is 5.69 Å². The average Bonchev–Trinajstić information content (AvgIpc) is 3.47. The Morgan fingerprint density at radius 3 is 2.59 bits per heavy atom. The van der Waals surface area contributed by atoms with E-state index in [1.807, 2.05) is 55.7 Å². The molecule has 9 nitrogen and oxygen atoms in total. The monoisotopic (exact) mass is 481 g/mol. The summed E-state index contributed by atoms with van der Waals surface area (Å²) in [7, 11) is 0. The molecule has 0 spiro atoms. The van der Waals surface area contributed by atoms with Crippen molar-refractivity contribution in [2.75, 3.05) is 17.9 Å². The van der Waals surface area contributed by atoms with Crippen LogP contribution in [0.1, 0.15) is 43.0 Å². The van der Waals surface area contributed by atoms with Crippen LogP contribution in [0.5, 0.6) is 11.5 Å². The highest BCUT2D eigenvalue weighted by Gasteiger charge is 2.27. The maximum atomic E-state index is 13.0. The van der Waals surface area contributed by atoms with Crippen molar-refractivity contribution in [3.05, 3.63) is 59.9 Å². The van der Waals surface area contributed by atoms with E-state index >= 15 is 0 Å². The topological polar surface area (TPSA) is 107 Å². The van der Waals surface area contributed by atoms with Gasteiger partial charge in [0.15, 0.2) is 22.5 Å². The number of aromatic nitrogens is 3. The molecule has 1 unspecified atom stereocenters. The molecule has 0 bridgehead atoms. The van der Waals surface area contributed by atoms with Crippen molar-refractivity contribution in [3.63, 3.8) is 0 Å². The summed E-state index contributed by atoms with van der Waals surface area (Å²) < 4.78 is 12.6. The first kappa shape index (κ1) is 23.6. The molecule has 0 saturated carbocycles. The van der Waals surface area contributed by atoms with Crippen molar-refractivity contribution >= 4 is 29.3 Å². The molecule has 1 aliphatic heterocycles. The van der Waals surface area contributed by atoms with Gasteiger partial charge < -0.3 is 24.7 Å². The van der Waals surface area contributed by atoms with Crippen molar-refractivity contribution in [2.45, 2.75) is 38.5 Å². The van der Waals surface area contributed by atoms with E-state index in [2.05, 4.69) is 20.8 Å². The number of benzene rings is 2. The molecule has 1 atom stereocenters. The standard InChI is InChI=1S/C24H27N5O4S/c1-4-29-22(27-28-24(29)34-13-20(30)25-17-8-6-5-7-9-17)21(15(2)3)26-23(31)16-10-11-18-19(12-16)33-14-32-18/h5-12,15,21H,4,13-14H2,1-3H3,(H,25,30)(H,26,31). The molecule has 4 rings (SSSR count). The van der Waals surface area contributed by atoms with Crippen LogP contribution in [0.25, 0.3) is 0 Å². The van der Waals surface area contributed by atoms with Gasteiger partial charge in [-0.15, -0.1) is 10.2 Å². The van der Waals surface area contributed by atoms with E-state index in [-0.39, 0.29) is 36.3 Å². The Bertz CT molecular complexity index is 1170.